The van der Waals surface area contributed by atoms with Gasteiger partial charge in [0.25, 0.3) is 0 Å². The van der Waals surface area contributed by atoms with Crippen LogP contribution in [0.4, 0.5) is 0 Å². The lowest BCUT2D eigenvalue weighted by molar-refractivity contribution is 0.0990. The van der Waals surface area contributed by atoms with E-state index in [0.29, 0.717) is 6.42 Å². The van der Waals surface area contributed by atoms with Crippen LogP contribution in [-0.2, 0) is 11.8 Å². The van der Waals surface area contributed by atoms with Crippen LogP contribution in [0.1, 0.15) is 47.8 Å². The summed E-state index contributed by atoms with van der Waals surface area (Å²) in [5.41, 5.74) is 4.25. The van der Waals surface area contributed by atoms with Gasteiger partial charge in [-0.2, -0.15) is 0 Å². The van der Waals surface area contributed by atoms with E-state index in [1.54, 1.807) is 0 Å². The third-order valence-corrected chi connectivity index (χ3v) is 3.65. The van der Waals surface area contributed by atoms with Crippen LogP contribution in [0.25, 0.3) is 0 Å². The lowest BCUT2D eigenvalue weighted by Crippen LogP contribution is -2.18. The molecule has 0 amide bonds. The van der Waals surface area contributed by atoms with Gasteiger partial charge in [0.15, 0.2) is 5.78 Å². The summed E-state index contributed by atoms with van der Waals surface area (Å²) < 4.78 is 0. The van der Waals surface area contributed by atoms with Crippen LogP contribution in [0.3, 0.4) is 0 Å². The topological polar surface area (TPSA) is 17.1 Å². The molecule has 0 aromatic heterocycles. The molecule has 0 spiro atoms. The summed E-state index contributed by atoms with van der Waals surface area (Å²) in [6.45, 7) is 8.49. The molecule has 0 unspecified atom stereocenters. The molecule has 0 aliphatic carbocycles. The zero-order valence-electron chi connectivity index (χ0n) is 12.7. The minimum atomic E-state index is -0.0159. The van der Waals surface area contributed by atoms with Gasteiger partial charge in [-0.3, -0.25) is 4.79 Å². The van der Waals surface area contributed by atoms with Crippen molar-refractivity contribution in [2.24, 2.45) is 0 Å². The van der Waals surface area contributed by atoms with E-state index in [2.05, 4.69) is 39.8 Å². The Morgan fingerprint density at radius 2 is 1.55 bits per heavy atom. The molecule has 2 rings (SSSR count). The van der Waals surface area contributed by atoms with Crippen molar-refractivity contribution in [3.63, 3.8) is 0 Å². The third kappa shape index (κ3) is 3.16. The molecule has 0 atom stereocenters. The first-order valence-electron chi connectivity index (χ1n) is 7.07. The highest BCUT2D eigenvalue weighted by Gasteiger charge is 2.21. The van der Waals surface area contributed by atoms with Gasteiger partial charge in [-0.1, -0.05) is 69.3 Å². The fourth-order valence-electron chi connectivity index (χ4n) is 2.46. The second-order valence-corrected chi connectivity index (χ2v) is 6.32. The van der Waals surface area contributed by atoms with Gasteiger partial charge in [-0.25, -0.2) is 0 Å². The van der Waals surface area contributed by atoms with Gasteiger partial charge in [0, 0.05) is 12.0 Å². The molecule has 0 radical (unpaired) electrons. The predicted molar refractivity (Wildman–Crippen MR) is 84.4 cm³/mol. The average Bonchev–Trinajstić information content (AvgIpc) is 2.40. The van der Waals surface area contributed by atoms with Crippen LogP contribution < -0.4 is 0 Å². The van der Waals surface area contributed by atoms with E-state index in [4.69, 9.17) is 0 Å². The molecule has 1 heteroatoms. The van der Waals surface area contributed by atoms with E-state index in [9.17, 15) is 4.79 Å². The van der Waals surface area contributed by atoms with Crippen molar-refractivity contribution < 1.29 is 4.79 Å². The fraction of sp³-hybridized carbons (Fsp3) is 0.316. The second kappa shape index (κ2) is 5.62. The first-order chi connectivity index (χ1) is 9.39. The van der Waals surface area contributed by atoms with E-state index >= 15 is 0 Å². The zero-order valence-corrected chi connectivity index (χ0v) is 12.7. The third-order valence-electron chi connectivity index (χ3n) is 3.65. The molecular weight excluding hydrogens is 244 g/mol. The highest BCUT2D eigenvalue weighted by molar-refractivity contribution is 5.99. The molecular formula is C19H22O. The maximum atomic E-state index is 12.6. The smallest absolute Gasteiger partial charge is 0.167 e. The van der Waals surface area contributed by atoms with E-state index in [1.165, 1.54) is 5.56 Å². The Bertz CT molecular complexity index is 618. The first-order valence-corrected chi connectivity index (χ1v) is 7.07. The minimum Gasteiger partial charge on any atom is -0.294 e. The Labute approximate surface area is 121 Å². The van der Waals surface area contributed by atoms with Crippen LogP contribution in [0.2, 0.25) is 0 Å². The fourth-order valence-corrected chi connectivity index (χ4v) is 2.46. The van der Waals surface area contributed by atoms with E-state index in [0.717, 1.165) is 16.7 Å². The van der Waals surface area contributed by atoms with E-state index < -0.39 is 0 Å². The molecule has 1 nitrogen and oxygen atoms in total. The highest BCUT2D eigenvalue weighted by atomic mass is 16.1. The second-order valence-electron chi connectivity index (χ2n) is 6.32. The number of carbonyl (C=O) groups is 1. The Balaban J connectivity index is 2.34. The number of benzene rings is 2. The molecule has 2 aromatic rings. The van der Waals surface area contributed by atoms with Crippen molar-refractivity contribution in [1.82, 2.24) is 0 Å². The molecule has 0 aliphatic heterocycles. The van der Waals surface area contributed by atoms with E-state index in [-0.39, 0.29) is 11.2 Å². The summed E-state index contributed by atoms with van der Waals surface area (Å²) >= 11 is 0. The first kappa shape index (κ1) is 14.5. The molecule has 2 aromatic carbocycles. The number of hydrogen-bond donors (Lipinski definition) is 0. The van der Waals surface area contributed by atoms with Gasteiger partial charge < -0.3 is 0 Å². The molecule has 0 fully saturated rings. The summed E-state index contributed by atoms with van der Waals surface area (Å²) in [5.74, 6) is 0.199. The SMILES string of the molecule is Cc1ccccc1CC(=O)c1ccccc1C(C)(C)C. The predicted octanol–water partition coefficient (Wildman–Crippen LogP) is 4.72. The monoisotopic (exact) mass is 266 g/mol. The van der Waals surface area contributed by atoms with Crippen LogP contribution >= 0.6 is 0 Å². The normalized spacial score (nSPS) is 11.4. The lowest BCUT2D eigenvalue weighted by Gasteiger charge is -2.22. The number of rotatable bonds is 3. The molecule has 104 valence electrons. The zero-order chi connectivity index (χ0) is 14.8. The standard InChI is InChI=1S/C19H22O/c1-14-9-5-6-10-15(14)13-18(20)16-11-7-8-12-17(16)19(2,3)4/h5-12H,13H2,1-4H3. The largest absolute Gasteiger partial charge is 0.294 e. The van der Waals surface area contributed by atoms with Crippen molar-refractivity contribution in [2.75, 3.05) is 0 Å². The summed E-state index contributed by atoms with van der Waals surface area (Å²) in [5, 5.41) is 0. The quantitative estimate of drug-likeness (QED) is 0.735. The summed E-state index contributed by atoms with van der Waals surface area (Å²) in [7, 11) is 0. The van der Waals surface area contributed by atoms with Crippen molar-refractivity contribution in [1.29, 1.82) is 0 Å². The van der Waals surface area contributed by atoms with Crippen molar-refractivity contribution in [2.45, 2.75) is 39.5 Å². The Morgan fingerprint density at radius 3 is 2.20 bits per heavy atom. The maximum Gasteiger partial charge on any atom is 0.167 e. The molecule has 0 saturated carbocycles. The average molecular weight is 266 g/mol. The number of carbonyl (C=O) groups excluding carboxylic acids is 1. The number of Topliss-reactive ketones (excluding diaryl/α,β-unsaturated/α-hetero) is 1. The van der Waals surface area contributed by atoms with E-state index in [1.807, 2.05) is 36.4 Å². The Morgan fingerprint density at radius 1 is 0.950 bits per heavy atom. The Kier molecular flexibility index (Phi) is 4.08. The van der Waals surface area contributed by atoms with Gasteiger partial charge in [0.2, 0.25) is 0 Å². The summed E-state index contributed by atoms with van der Waals surface area (Å²) in [6.07, 6.45) is 0.472. The Hall–Kier alpha value is -1.89. The highest BCUT2D eigenvalue weighted by Crippen LogP contribution is 2.26. The molecule has 0 heterocycles. The molecule has 0 N–H and O–H groups in total. The summed E-state index contributed by atoms with van der Waals surface area (Å²) in [4.78, 5) is 12.6. The number of aryl methyl sites for hydroxylation is 1. The minimum absolute atomic E-state index is 0.0159. The van der Waals surface area contributed by atoms with Crippen LogP contribution in [0.5, 0.6) is 0 Å². The summed E-state index contributed by atoms with van der Waals surface area (Å²) in [6, 6.07) is 16.0. The van der Waals surface area contributed by atoms with Crippen molar-refractivity contribution >= 4 is 5.78 Å². The molecule has 0 bridgehead atoms. The van der Waals surface area contributed by atoms with Gasteiger partial charge in [-0.15, -0.1) is 0 Å². The number of ketones is 1. The molecule has 0 aliphatic rings. The van der Waals surface area contributed by atoms with Crippen LogP contribution in [0, 0.1) is 6.92 Å². The van der Waals surface area contributed by atoms with Gasteiger partial charge >= 0.3 is 0 Å². The van der Waals surface area contributed by atoms with Gasteiger partial charge in [0.05, 0.1) is 0 Å². The maximum absolute atomic E-state index is 12.6. The van der Waals surface area contributed by atoms with Crippen molar-refractivity contribution in [3.05, 3.63) is 70.8 Å². The van der Waals surface area contributed by atoms with Gasteiger partial charge in [-0.05, 0) is 29.0 Å². The molecule has 20 heavy (non-hydrogen) atoms. The van der Waals surface area contributed by atoms with Crippen LogP contribution in [0.15, 0.2) is 48.5 Å². The van der Waals surface area contributed by atoms with Crippen LogP contribution in [-0.4, -0.2) is 5.78 Å². The number of hydrogen-bond acceptors (Lipinski definition) is 1. The van der Waals surface area contributed by atoms with Gasteiger partial charge in [0.1, 0.15) is 0 Å². The lowest BCUT2D eigenvalue weighted by atomic mass is 9.82. The molecule has 0 saturated heterocycles. The van der Waals surface area contributed by atoms with Crippen molar-refractivity contribution in [3.8, 4) is 0 Å².